The minimum atomic E-state index is -0.366. The predicted octanol–water partition coefficient (Wildman–Crippen LogP) is 3.21. The number of benzene rings is 2. The van der Waals surface area contributed by atoms with Gasteiger partial charge in [-0.1, -0.05) is 23.7 Å². The van der Waals surface area contributed by atoms with Gasteiger partial charge in [0, 0.05) is 17.3 Å². The number of rotatable bonds is 7. The molecule has 2 aromatic carbocycles. The molecular formula is C16H17ClN2O2. The number of carbonyl (C=O) groups is 1. The van der Waals surface area contributed by atoms with Crippen LogP contribution in [-0.2, 0) is 11.3 Å². The number of ether oxygens (including phenoxy) is 1. The second-order valence-electron chi connectivity index (χ2n) is 4.57. The van der Waals surface area contributed by atoms with E-state index in [0.717, 1.165) is 16.3 Å². The molecule has 0 aliphatic rings. The highest BCUT2D eigenvalue weighted by Gasteiger charge is 1.99. The van der Waals surface area contributed by atoms with Crippen molar-refractivity contribution < 1.29 is 9.53 Å². The van der Waals surface area contributed by atoms with Crippen molar-refractivity contribution in [2.45, 2.75) is 13.0 Å². The van der Waals surface area contributed by atoms with Crippen molar-refractivity contribution in [1.82, 2.24) is 0 Å². The highest BCUT2D eigenvalue weighted by molar-refractivity contribution is 6.30. The van der Waals surface area contributed by atoms with E-state index in [1.54, 1.807) is 0 Å². The molecule has 2 aromatic rings. The molecule has 0 aromatic heterocycles. The average Bonchev–Trinajstić information content (AvgIpc) is 2.46. The third-order valence-corrected chi connectivity index (χ3v) is 3.09. The van der Waals surface area contributed by atoms with Crippen LogP contribution in [0.3, 0.4) is 0 Å². The summed E-state index contributed by atoms with van der Waals surface area (Å²) in [5.41, 5.74) is 7.15. The molecule has 4 nitrogen and oxygen atoms in total. The number of amides is 1. The lowest BCUT2D eigenvalue weighted by Gasteiger charge is -2.09. The lowest BCUT2D eigenvalue weighted by molar-refractivity contribution is -0.118. The van der Waals surface area contributed by atoms with Crippen LogP contribution in [0.2, 0.25) is 5.02 Å². The van der Waals surface area contributed by atoms with Crippen LogP contribution < -0.4 is 15.8 Å². The lowest BCUT2D eigenvalue weighted by Crippen LogP contribution is -2.14. The van der Waals surface area contributed by atoms with Gasteiger partial charge in [0.15, 0.2) is 0 Å². The standard InChI is InChI=1S/C16H17ClN2O2/c17-13-3-1-2-12(10-13)11-19-14-4-6-15(7-5-14)21-9-8-16(18)20/h1-7,10,19H,8-9,11H2,(H2,18,20). The summed E-state index contributed by atoms with van der Waals surface area (Å²) < 4.78 is 5.40. The Morgan fingerprint density at radius 1 is 1.19 bits per heavy atom. The van der Waals surface area contributed by atoms with E-state index in [2.05, 4.69) is 5.32 Å². The van der Waals surface area contributed by atoms with E-state index in [9.17, 15) is 4.79 Å². The molecule has 0 saturated heterocycles. The number of hydrogen-bond donors (Lipinski definition) is 2. The number of anilines is 1. The summed E-state index contributed by atoms with van der Waals surface area (Å²) in [6, 6.07) is 15.3. The summed E-state index contributed by atoms with van der Waals surface area (Å²) in [6.07, 6.45) is 0.217. The Morgan fingerprint density at radius 2 is 1.95 bits per heavy atom. The molecule has 110 valence electrons. The van der Waals surface area contributed by atoms with Crippen molar-refractivity contribution in [2.24, 2.45) is 5.73 Å². The van der Waals surface area contributed by atoms with E-state index in [0.29, 0.717) is 18.9 Å². The molecule has 0 unspecified atom stereocenters. The van der Waals surface area contributed by atoms with Crippen LogP contribution >= 0.6 is 11.6 Å². The van der Waals surface area contributed by atoms with Gasteiger partial charge in [-0.3, -0.25) is 4.79 Å². The van der Waals surface area contributed by atoms with Gasteiger partial charge in [-0.15, -0.1) is 0 Å². The van der Waals surface area contributed by atoms with E-state index in [4.69, 9.17) is 22.1 Å². The molecule has 5 heteroatoms. The molecule has 0 aliphatic heterocycles. The van der Waals surface area contributed by atoms with E-state index in [1.165, 1.54) is 0 Å². The van der Waals surface area contributed by atoms with E-state index >= 15 is 0 Å². The van der Waals surface area contributed by atoms with Crippen LogP contribution in [0, 0.1) is 0 Å². The van der Waals surface area contributed by atoms with Gasteiger partial charge < -0.3 is 15.8 Å². The maximum Gasteiger partial charge on any atom is 0.220 e. The largest absolute Gasteiger partial charge is 0.493 e. The van der Waals surface area contributed by atoms with Crippen LogP contribution in [0.15, 0.2) is 48.5 Å². The van der Waals surface area contributed by atoms with Crippen LogP contribution in [0.5, 0.6) is 5.75 Å². The molecule has 0 heterocycles. The topological polar surface area (TPSA) is 64.4 Å². The number of nitrogens with two attached hydrogens (primary N) is 1. The zero-order chi connectivity index (χ0) is 15.1. The van der Waals surface area contributed by atoms with Crippen LogP contribution in [0.1, 0.15) is 12.0 Å². The molecule has 3 N–H and O–H groups in total. The van der Waals surface area contributed by atoms with Gasteiger partial charge >= 0.3 is 0 Å². The Bertz CT molecular complexity index is 599. The Labute approximate surface area is 128 Å². The molecule has 2 rings (SSSR count). The summed E-state index contributed by atoms with van der Waals surface area (Å²) in [6.45, 7) is 0.993. The van der Waals surface area contributed by atoms with E-state index in [1.807, 2.05) is 48.5 Å². The summed E-state index contributed by atoms with van der Waals surface area (Å²) in [5.74, 6) is 0.347. The first kappa shape index (κ1) is 15.2. The summed E-state index contributed by atoms with van der Waals surface area (Å²) >= 11 is 5.94. The van der Waals surface area contributed by atoms with Gasteiger partial charge in [-0.25, -0.2) is 0 Å². The van der Waals surface area contributed by atoms with Crippen LogP contribution in [0.25, 0.3) is 0 Å². The molecule has 0 radical (unpaired) electrons. The number of hydrogen-bond acceptors (Lipinski definition) is 3. The van der Waals surface area contributed by atoms with E-state index in [-0.39, 0.29) is 12.3 Å². The Morgan fingerprint density at radius 3 is 2.62 bits per heavy atom. The van der Waals surface area contributed by atoms with Crippen LogP contribution in [-0.4, -0.2) is 12.5 Å². The first-order valence-corrected chi connectivity index (χ1v) is 7.01. The first-order chi connectivity index (χ1) is 10.1. The Balaban J connectivity index is 1.83. The minimum absolute atomic E-state index is 0.217. The number of nitrogens with one attached hydrogen (secondary N) is 1. The van der Waals surface area contributed by atoms with Gasteiger partial charge in [0.2, 0.25) is 5.91 Å². The van der Waals surface area contributed by atoms with Gasteiger partial charge in [-0.2, -0.15) is 0 Å². The quantitative estimate of drug-likeness (QED) is 0.825. The fraction of sp³-hybridized carbons (Fsp3) is 0.188. The monoisotopic (exact) mass is 304 g/mol. The number of halogens is 1. The van der Waals surface area contributed by atoms with Crippen molar-refractivity contribution in [3.63, 3.8) is 0 Å². The molecule has 0 aliphatic carbocycles. The number of primary amides is 1. The molecule has 0 saturated carbocycles. The minimum Gasteiger partial charge on any atom is -0.493 e. The highest BCUT2D eigenvalue weighted by atomic mass is 35.5. The SMILES string of the molecule is NC(=O)CCOc1ccc(NCc2cccc(Cl)c2)cc1. The third-order valence-electron chi connectivity index (χ3n) is 2.86. The summed E-state index contributed by atoms with van der Waals surface area (Å²) in [4.78, 5) is 10.6. The zero-order valence-corrected chi connectivity index (χ0v) is 12.3. The molecule has 21 heavy (non-hydrogen) atoms. The molecule has 1 amide bonds. The van der Waals surface area contributed by atoms with Crippen molar-refractivity contribution in [3.05, 3.63) is 59.1 Å². The van der Waals surface area contributed by atoms with Gasteiger partial charge in [0.25, 0.3) is 0 Å². The second kappa shape index (κ2) is 7.55. The normalized spacial score (nSPS) is 10.1. The summed E-state index contributed by atoms with van der Waals surface area (Å²) in [5, 5.41) is 4.03. The molecule has 0 bridgehead atoms. The maximum absolute atomic E-state index is 10.6. The van der Waals surface area contributed by atoms with Crippen molar-refractivity contribution in [2.75, 3.05) is 11.9 Å². The summed E-state index contributed by atoms with van der Waals surface area (Å²) in [7, 11) is 0. The first-order valence-electron chi connectivity index (χ1n) is 6.63. The number of carbonyl (C=O) groups excluding carboxylic acids is 1. The van der Waals surface area contributed by atoms with Crippen LogP contribution in [0.4, 0.5) is 5.69 Å². The van der Waals surface area contributed by atoms with Gasteiger partial charge in [0.1, 0.15) is 5.75 Å². The molecule has 0 fully saturated rings. The Hall–Kier alpha value is -2.20. The lowest BCUT2D eigenvalue weighted by atomic mass is 10.2. The third kappa shape index (κ3) is 5.36. The zero-order valence-electron chi connectivity index (χ0n) is 11.5. The molecule has 0 atom stereocenters. The predicted molar refractivity (Wildman–Crippen MR) is 84.5 cm³/mol. The fourth-order valence-corrected chi connectivity index (χ4v) is 2.00. The van der Waals surface area contributed by atoms with Gasteiger partial charge in [-0.05, 0) is 42.0 Å². The van der Waals surface area contributed by atoms with Crippen molar-refractivity contribution in [1.29, 1.82) is 0 Å². The Kier molecular flexibility index (Phi) is 5.46. The second-order valence-corrected chi connectivity index (χ2v) is 5.01. The van der Waals surface area contributed by atoms with Crippen molar-refractivity contribution in [3.8, 4) is 5.75 Å². The highest BCUT2D eigenvalue weighted by Crippen LogP contribution is 2.17. The average molecular weight is 305 g/mol. The van der Waals surface area contributed by atoms with E-state index < -0.39 is 0 Å². The smallest absolute Gasteiger partial charge is 0.220 e. The fourth-order valence-electron chi connectivity index (χ4n) is 1.79. The molecular weight excluding hydrogens is 288 g/mol. The molecule has 0 spiro atoms. The van der Waals surface area contributed by atoms with Gasteiger partial charge in [0.05, 0.1) is 13.0 Å². The van der Waals surface area contributed by atoms with Crippen molar-refractivity contribution >= 4 is 23.2 Å². The maximum atomic E-state index is 10.6.